The number of hydrogen-bond acceptors (Lipinski definition) is 9. The number of esters is 1. The molecule has 0 bridgehead atoms. The normalized spacial score (nSPS) is 51.3. The second-order valence-corrected chi connectivity index (χ2v) is 26.7. The second kappa shape index (κ2) is 13.2. The molecule has 67 heavy (non-hydrogen) atoms. The van der Waals surface area contributed by atoms with Crippen molar-refractivity contribution in [3.8, 4) is 11.5 Å². The number of carbonyl (C=O) groups excluding carboxylic acids is 4. The van der Waals surface area contributed by atoms with Crippen LogP contribution in [0.4, 0.5) is 0 Å². The minimum absolute atomic E-state index is 0.0461. The van der Waals surface area contributed by atoms with E-state index in [0.717, 1.165) is 99.3 Å². The standard InChI is InChI=1S/C58H76O9/c1-31-26-39-52(7,46(62)44(31)61)21-25-55(10)40-29-36(59)43-32(2)45-37(27-35(43)51(40,6)20-23-54(39,55)9)66-58(64)42(60)28-34-33(57(58,12)67-45)14-15-38-50(34,5)19-24-56(11)41-30-49(4,47(63)65-13)17-16-48(41,3)18-22-53(38,56)8/h14,27-29,31,38-39,41,46,62,64H,15-26,30H2,1-13H3/t31-,38+,39-,41-,46-,48-,49-,50+,51+,52-,53-,54+,55-,56+,57+,58-/m1/s1. The van der Waals surface area contributed by atoms with Crippen molar-refractivity contribution in [2.24, 2.45) is 67.0 Å². The van der Waals surface area contributed by atoms with Crippen molar-refractivity contribution >= 4 is 23.3 Å². The first-order valence-corrected chi connectivity index (χ1v) is 25.9. The molecule has 2 N–H and O–H groups in total. The Bertz CT molecular complexity index is 2600. The van der Waals surface area contributed by atoms with E-state index in [0.29, 0.717) is 29.2 Å². The predicted octanol–water partition coefficient (Wildman–Crippen LogP) is 10.8. The highest BCUT2D eigenvalue weighted by Crippen LogP contribution is 2.78. The Morgan fingerprint density at radius 1 is 0.761 bits per heavy atom. The molecular formula is C58H76O9. The molecule has 10 aliphatic rings. The highest BCUT2D eigenvalue weighted by molar-refractivity contribution is 6.10. The molecule has 6 fully saturated rings. The van der Waals surface area contributed by atoms with E-state index in [4.69, 9.17) is 14.2 Å². The van der Waals surface area contributed by atoms with Gasteiger partial charge in [0.25, 0.3) is 0 Å². The minimum Gasteiger partial charge on any atom is -0.471 e. The Hall–Kier alpha value is -3.56. The minimum atomic E-state index is -2.35. The number of benzene rings is 1. The van der Waals surface area contributed by atoms with Gasteiger partial charge in [0.05, 0.1) is 12.5 Å². The summed E-state index contributed by atoms with van der Waals surface area (Å²) in [6.07, 6.45) is 15.9. The zero-order chi connectivity index (χ0) is 48.5. The van der Waals surface area contributed by atoms with Crippen LogP contribution in [0.2, 0.25) is 0 Å². The highest BCUT2D eigenvalue weighted by Gasteiger charge is 2.73. The van der Waals surface area contributed by atoms with Crippen molar-refractivity contribution in [3.63, 3.8) is 0 Å². The summed E-state index contributed by atoms with van der Waals surface area (Å²) in [5.41, 5.74) is 0.648. The van der Waals surface area contributed by atoms with Gasteiger partial charge in [0, 0.05) is 33.4 Å². The van der Waals surface area contributed by atoms with Crippen LogP contribution in [0.3, 0.4) is 0 Å². The van der Waals surface area contributed by atoms with Crippen LogP contribution in [0.25, 0.3) is 0 Å². The molecule has 6 saturated carbocycles. The number of Topliss-reactive ketones (excluding diaryl/α,β-unsaturated/α-hetero) is 1. The van der Waals surface area contributed by atoms with E-state index in [2.05, 4.69) is 68.4 Å². The zero-order valence-electron chi connectivity index (χ0n) is 42.6. The summed E-state index contributed by atoms with van der Waals surface area (Å²) in [5.74, 6) is -2.04. The molecule has 0 aromatic heterocycles. The quantitative estimate of drug-likeness (QED) is 0.264. The van der Waals surface area contributed by atoms with Gasteiger partial charge in [-0.3, -0.25) is 19.2 Å². The molecule has 11 rings (SSSR count). The number of allylic oxidation sites excluding steroid dienone is 3. The van der Waals surface area contributed by atoms with E-state index in [-0.39, 0.29) is 68.1 Å². The molecule has 0 amide bonds. The number of methoxy groups -OCH3 is 1. The smallest absolute Gasteiger partial charge is 0.317 e. The van der Waals surface area contributed by atoms with Gasteiger partial charge in [0.2, 0.25) is 11.4 Å². The summed E-state index contributed by atoms with van der Waals surface area (Å²) >= 11 is 0. The van der Waals surface area contributed by atoms with E-state index in [1.807, 2.05) is 26.0 Å². The molecule has 9 nitrogen and oxygen atoms in total. The topological polar surface area (TPSA) is 136 Å². The Labute approximate surface area is 398 Å². The maximum Gasteiger partial charge on any atom is 0.317 e. The SMILES string of the molecule is COC(=O)[C@]1(C)CC[C@]2(C)CC[C@]3(C)[C@H]4CC=C5C(=CC(=O)[C@@]6(O)Oc7cc8c(c(C)c7O[C@@]56C)C(=O)C=C5[C@@]8(C)CC[C@@]6(C)[C@@H]7C[C@@H](C)C(=O)[C@@H](O)[C@]7(C)CC[C@]56C)[C@]4(C)CC[C@@]3(C)[C@@H]2C1. The molecule has 16 atom stereocenters. The fourth-order valence-corrected chi connectivity index (χ4v) is 19.1. The molecule has 1 aromatic rings. The van der Waals surface area contributed by atoms with Crippen molar-refractivity contribution < 1.29 is 43.6 Å². The lowest BCUT2D eigenvalue weighted by molar-refractivity contribution is -0.236. The van der Waals surface area contributed by atoms with Crippen molar-refractivity contribution in [2.75, 3.05) is 7.11 Å². The third-order valence-electron chi connectivity index (χ3n) is 24.1. The maximum atomic E-state index is 14.9. The molecule has 362 valence electrons. The average Bonchev–Trinajstić information content (AvgIpc) is 3.27. The molecule has 9 heteroatoms. The summed E-state index contributed by atoms with van der Waals surface area (Å²) < 4.78 is 19.3. The van der Waals surface area contributed by atoms with Crippen LogP contribution in [-0.4, -0.2) is 58.1 Å². The van der Waals surface area contributed by atoms with E-state index in [9.17, 15) is 29.4 Å². The first-order valence-electron chi connectivity index (χ1n) is 25.9. The number of rotatable bonds is 1. The van der Waals surface area contributed by atoms with Gasteiger partial charge in [0.15, 0.2) is 23.1 Å². The highest BCUT2D eigenvalue weighted by atomic mass is 16.7. The Balaban J connectivity index is 0.956. The summed E-state index contributed by atoms with van der Waals surface area (Å²) in [6, 6.07) is 1.89. The number of aliphatic hydroxyl groups excluding tert-OH is 1. The lowest BCUT2D eigenvalue weighted by Gasteiger charge is -2.72. The van der Waals surface area contributed by atoms with Crippen LogP contribution in [0.15, 0.2) is 41.0 Å². The molecule has 0 spiro atoms. The first kappa shape index (κ1) is 45.9. The zero-order valence-corrected chi connectivity index (χ0v) is 42.6. The third-order valence-corrected chi connectivity index (χ3v) is 24.1. The summed E-state index contributed by atoms with van der Waals surface area (Å²) in [4.78, 5) is 56.3. The summed E-state index contributed by atoms with van der Waals surface area (Å²) in [7, 11) is 1.51. The van der Waals surface area contributed by atoms with Gasteiger partial charge < -0.3 is 24.4 Å². The molecule has 1 aromatic carbocycles. The molecule has 0 unspecified atom stereocenters. The van der Waals surface area contributed by atoms with E-state index in [1.54, 1.807) is 13.0 Å². The number of aliphatic hydroxyl groups is 2. The monoisotopic (exact) mass is 917 g/mol. The van der Waals surface area contributed by atoms with Crippen LogP contribution in [0.5, 0.6) is 11.5 Å². The van der Waals surface area contributed by atoms with Gasteiger partial charge in [0.1, 0.15) is 6.10 Å². The number of fused-ring (bicyclic) bond motifs is 17. The van der Waals surface area contributed by atoms with Crippen LogP contribution in [-0.2, 0) is 24.5 Å². The van der Waals surface area contributed by atoms with Gasteiger partial charge in [-0.2, -0.15) is 0 Å². The van der Waals surface area contributed by atoms with Crippen molar-refractivity contribution in [2.45, 2.75) is 189 Å². The van der Waals surface area contributed by atoms with Crippen molar-refractivity contribution in [1.82, 2.24) is 0 Å². The molecule has 0 radical (unpaired) electrons. The lowest BCUT2D eigenvalue weighted by Crippen LogP contribution is -2.71. The van der Waals surface area contributed by atoms with Crippen molar-refractivity contribution in [3.05, 3.63) is 57.7 Å². The third kappa shape index (κ3) is 5.05. The van der Waals surface area contributed by atoms with Gasteiger partial charge in [-0.25, -0.2) is 0 Å². The molecule has 9 aliphatic carbocycles. The van der Waals surface area contributed by atoms with E-state index in [1.165, 1.54) is 7.11 Å². The summed E-state index contributed by atoms with van der Waals surface area (Å²) in [6.45, 7) is 26.5. The number of carbonyl (C=O) groups is 4. The van der Waals surface area contributed by atoms with Crippen LogP contribution in [0.1, 0.15) is 181 Å². The molecule has 0 saturated heterocycles. The Morgan fingerprint density at radius 2 is 1.42 bits per heavy atom. The molecular weight excluding hydrogens is 841 g/mol. The maximum absolute atomic E-state index is 14.9. The lowest BCUT2D eigenvalue weighted by atomic mass is 9.32. The number of ketones is 3. The van der Waals surface area contributed by atoms with Crippen LogP contribution < -0.4 is 9.47 Å². The van der Waals surface area contributed by atoms with E-state index < -0.39 is 44.9 Å². The molecule has 1 heterocycles. The Kier molecular flexibility index (Phi) is 9.06. The van der Waals surface area contributed by atoms with Crippen molar-refractivity contribution in [1.29, 1.82) is 0 Å². The fourth-order valence-electron chi connectivity index (χ4n) is 19.1. The fraction of sp³-hybridized carbons (Fsp3) is 0.724. The van der Waals surface area contributed by atoms with E-state index >= 15 is 0 Å². The average molecular weight is 917 g/mol. The van der Waals surface area contributed by atoms with Gasteiger partial charge >= 0.3 is 11.8 Å². The van der Waals surface area contributed by atoms with Gasteiger partial charge in [-0.05, 0) is 189 Å². The largest absolute Gasteiger partial charge is 0.471 e. The number of hydrogen-bond donors (Lipinski definition) is 2. The Morgan fingerprint density at radius 3 is 2.12 bits per heavy atom. The van der Waals surface area contributed by atoms with Crippen LogP contribution >= 0.6 is 0 Å². The summed E-state index contributed by atoms with van der Waals surface area (Å²) in [5, 5.41) is 24.4. The molecule has 1 aliphatic heterocycles. The van der Waals surface area contributed by atoms with Gasteiger partial charge in [-0.15, -0.1) is 0 Å². The predicted molar refractivity (Wildman–Crippen MR) is 254 cm³/mol. The second-order valence-electron chi connectivity index (χ2n) is 26.7. The first-order chi connectivity index (χ1) is 31.0. The number of ether oxygens (including phenoxy) is 3. The van der Waals surface area contributed by atoms with Gasteiger partial charge in [-0.1, -0.05) is 68.4 Å². The van der Waals surface area contributed by atoms with Crippen LogP contribution in [0, 0.1) is 73.9 Å².